The van der Waals surface area contributed by atoms with Crippen molar-refractivity contribution < 1.29 is 9.18 Å². The van der Waals surface area contributed by atoms with Crippen LogP contribution < -0.4 is 5.32 Å². The van der Waals surface area contributed by atoms with Crippen molar-refractivity contribution in [3.8, 4) is 33.6 Å². The molecule has 0 unspecified atom stereocenters. The monoisotopic (exact) mass is 517 g/mol. The predicted octanol–water partition coefficient (Wildman–Crippen LogP) is 6.50. The van der Waals surface area contributed by atoms with Crippen molar-refractivity contribution in [3.63, 3.8) is 0 Å². The lowest BCUT2D eigenvalue weighted by molar-refractivity contribution is -0.119. The van der Waals surface area contributed by atoms with E-state index in [-0.39, 0.29) is 17.6 Å². The average molecular weight is 518 g/mol. The van der Waals surface area contributed by atoms with Gasteiger partial charge in [0.15, 0.2) is 5.65 Å². The molecule has 3 N–H and O–H groups in total. The van der Waals surface area contributed by atoms with Crippen LogP contribution in [0, 0.1) is 11.7 Å². The SMILES string of the molecule is O=C(Nc1cncc(-c2cnc3n[nH]c(-c4cc5c(-c6ccc(F)cc6)cncc5[nH]4)c3c2)c1)C1CCCC1. The van der Waals surface area contributed by atoms with Crippen molar-refractivity contribution in [1.29, 1.82) is 0 Å². The number of rotatable bonds is 5. The molecule has 6 aromatic rings. The minimum absolute atomic E-state index is 0.0606. The molecule has 1 aliphatic rings. The molecule has 5 heterocycles. The molecule has 1 aliphatic carbocycles. The van der Waals surface area contributed by atoms with Crippen LogP contribution in [0.5, 0.6) is 0 Å². The van der Waals surface area contributed by atoms with Gasteiger partial charge < -0.3 is 10.3 Å². The summed E-state index contributed by atoms with van der Waals surface area (Å²) in [5, 5.41) is 12.4. The van der Waals surface area contributed by atoms with Crippen molar-refractivity contribution >= 4 is 33.5 Å². The van der Waals surface area contributed by atoms with Crippen molar-refractivity contribution in [2.24, 2.45) is 5.92 Å². The van der Waals surface area contributed by atoms with Crippen LogP contribution in [0.25, 0.3) is 55.6 Å². The van der Waals surface area contributed by atoms with Gasteiger partial charge in [0.25, 0.3) is 0 Å². The number of nitrogens with zero attached hydrogens (tertiary/aromatic N) is 4. The smallest absolute Gasteiger partial charge is 0.227 e. The van der Waals surface area contributed by atoms with Gasteiger partial charge in [0.2, 0.25) is 5.91 Å². The Kier molecular flexibility index (Phi) is 5.61. The first kappa shape index (κ1) is 23.2. The van der Waals surface area contributed by atoms with Gasteiger partial charge >= 0.3 is 0 Å². The molecule has 0 bridgehead atoms. The van der Waals surface area contributed by atoms with E-state index in [2.05, 4.69) is 35.5 Å². The highest BCUT2D eigenvalue weighted by molar-refractivity contribution is 6.00. The molecule has 39 heavy (non-hydrogen) atoms. The molecule has 9 heteroatoms. The number of nitrogens with one attached hydrogen (secondary N) is 3. The molecule has 0 saturated heterocycles. The fraction of sp³-hybridized carbons (Fsp3) is 0.167. The van der Waals surface area contributed by atoms with Crippen LogP contribution in [0.1, 0.15) is 25.7 Å². The summed E-state index contributed by atoms with van der Waals surface area (Å²) in [6, 6.07) is 12.4. The number of pyridine rings is 3. The van der Waals surface area contributed by atoms with E-state index in [9.17, 15) is 9.18 Å². The molecule has 0 spiro atoms. The Morgan fingerprint density at radius 1 is 0.872 bits per heavy atom. The number of fused-ring (bicyclic) bond motifs is 2. The molecule has 1 fully saturated rings. The average Bonchev–Trinajstić information content (AvgIpc) is 3.73. The number of hydrogen-bond donors (Lipinski definition) is 3. The van der Waals surface area contributed by atoms with Crippen molar-refractivity contribution in [2.45, 2.75) is 25.7 Å². The summed E-state index contributed by atoms with van der Waals surface area (Å²) in [5.74, 6) is -0.140. The Labute approximate surface area is 222 Å². The van der Waals surface area contributed by atoms with E-state index >= 15 is 0 Å². The van der Waals surface area contributed by atoms with Crippen molar-refractivity contribution in [3.05, 3.63) is 79.3 Å². The molecule has 5 aromatic heterocycles. The number of anilines is 1. The first-order valence-corrected chi connectivity index (χ1v) is 13.0. The summed E-state index contributed by atoms with van der Waals surface area (Å²) in [4.78, 5) is 29.4. The second kappa shape index (κ2) is 9.43. The number of benzene rings is 1. The van der Waals surface area contributed by atoms with Gasteiger partial charge in [-0.05, 0) is 48.7 Å². The largest absolute Gasteiger partial charge is 0.352 e. The Balaban J connectivity index is 1.24. The maximum atomic E-state index is 13.5. The number of halogens is 1. The molecule has 1 amide bonds. The number of aromatic nitrogens is 6. The van der Waals surface area contributed by atoms with E-state index < -0.39 is 0 Å². The maximum Gasteiger partial charge on any atom is 0.227 e. The molecule has 0 atom stereocenters. The van der Waals surface area contributed by atoms with Crippen molar-refractivity contribution in [2.75, 3.05) is 5.32 Å². The normalized spacial score (nSPS) is 13.9. The summed E-state index contributed by atoms with van der Waals surface area (Å²) >= 11 is 0. The fourth-order valence-corrected chi connectivity index (χ4v) is 5.41. The van der Waals surface area contributed by atoms with E-state index in [0.29, 0.717) is 11.3 Å². The molecule has 1 saturated carbocycles. The van der Waals surface area contributed by atoms with Crippen molar-refractivity contribution in [1.82, 2.24) is 30.1 Å². The van der Waals surface area contributed by atoms with Gasteiger partial charge in [-0.25, -0.2) is 9.37 Å². The zero-order valence-electron chi connectivity index (χ0n) is 20.9. The molecule has 7 rings (SSSR count). The molecule has 8 nitrogen and oxygen atoms in total. The highest BCUT2D eigenvalue weighted by Gasteiger charge is 2.23. The zero-order valence-corrected chi connectivity index (χ0v) is 20.9. The second-order valence-corrected chi connectivity index (χ2v) is 9.96. The number of amides is 1. The summed E-state index contributed by atoms with van der Waals surface area (Å²) in [5.41, 5.74) is 7.23. The Bertz CT molecular complexity index is 1830. The Morgan fingerprint density at radius 3 is 2.51 bits per heavy atom. The quantitative estimate of drug-likeness (QED) is 0.242. The Hall–Kier alpha value is -4.92. The third-order valence-electron chi connectivity index (χ3n) is 7.44. The van der Waals surface area contributed by atoms with Crippen LogP contribution in [0.3, 0.4) is 0 Å². The topological polar surface area (TPSA) is 112 Å². The minimum atomic E-state index is -0.280. The van der Waals surface area contributed by atoms with Gasteiger partial charge in [0, 0.05) is 52.0 Å². The van der Waals surface area contributed by atoms with E-state index in [1.54, 1.807) is 43.1 Å². The van der Waals surface area contributed by atoms with Gasteiger partial charge in [-0.2, -0.15) is 5.10 Å². The van der Waals surface area contributed by atoms with Crippen LogP contribution in [0.15, 0.2) is 73.4 Å². The summed E-state index contributed by atoms with van der Waals surface area (Å²) in [7, 11) is 0. The summed E-state index contributed by atoms with van der Waals surface area (Å²) < 4.78 is 13.5. The van der Waals surface area contributed by atoms with Gasteiger partial charge in [-0.15, -0.1) is 0 Å². The summed E-state index contributed by atoms with van der Waals surface area (Å²) in [6.07, 6.45) is 12.8. The minimum Gasteiger partial charge on any atom is -0.352 e. The number of carbonyl (C=O) groups excluding carboxylic acids is 1. The third kappa shape index (κ3) is 4.31. The Morgan fingerprint density at radius 2 is 1.67 bits per heavy atom. The molecule has 192 valence electrons. The lowest BCUT2D eigenvalue weighted by atomic mass is 10.0. The van der Waals surface area contributed by atoms with Crippen LogP contribution >= 0.6 is 0 Å². The first-order chi connectivity index (χ1) is 19.1. The van der Waals surface area contributed by atoms with E-state index in [1.807, 2.05) is 18.2 Å². The maximum absolute atomic E-state index is 13.5. The number of aromatic amines is 2. The number of carbonyl (C=O) groups is 1. The zero-order chi connectivity index (χ0) is 26.3. The molecular formula is C30H24FN7O. The number of H-pyrrole nitrogens is 2. The van der Waals surface area contributed by atoms with Crippen LogP contribution in [0.2, 0.25) is 0 Å². The van der Waals surface area contributed by atoms with E-state index in [4.69, 9.17) is 0 Å². The van der Waals surface area contributed by atoms with Crippen LogP contribution in [-0.4, -0.2) is 36.0 Å². The van der Waals surface area contributed by atoms with Gasteiger partial charge in [0.05, 0.1) is 35.0 Å². The number of hydrogen-bond acceptors (Lipinski definition) is 5. The van der Waals surface area contributed by atoms with Gasteiger partial charge in [0.1, 0.15) is 5.82 Å². The van der Waals surface area contributed by atoms with Gasteiger partial charge in [-0.1, -0.05) is 25.0 Å². The molecular weight excluding hydrogens is 493 g/mol. The lowest BCUT2D eigenvalue weighted by Gasteiger charge is -2.11. The third-order valence-corrected chi connectivity index (χ3v) is 7.44. The molecule has 1 aromatic carbocycles. The van der Waals surface area contributed by atoms with E-state index in [0.717, 1.165) is 75.6 Å². The standard InChI is InChI=1S/C30H24FN7O/c31-21-7-5-17(6-8-21)25-15-33-16-27-23(25)11-26(36-27)28-24-10-20(13-34-29(24)38-37-28)19-9-22(14-32-12-19)35-30(39)18-3-1-2-4-18/h5-16,18,36H,1-4H2,(H,35,39)(H,34,37,38). The summed E-state index contributed by atoms with van der Waals surface area (Å²) in [6.45, 7) is 0. The van der Waals surface area contributed by atoms with Crippen LogP contribution in [-0.2, 0) is 4.79 Å². The fourth-order valence-electron chi connectivity index (χ4n) is 5.41. The van der Waals surface area contributed by atoms with Crippen LogP contribution in [0.4, 0.5) is 10.1 Å². The highest BCUT2D eigenvalue weighted by Crippen LogP contribution is 2.34. The predicted molar refractivity (Wildman–Crippen MR) is 148 cm³/mol. The van der Waals surface area contributed by atoms with Gasteiger partial charge in [-0.3, -0.25) is 19.9 Å². The molecule has 0 aliphatic heterocycles. The van der Waals surface area contributed by atoms with E-state index in [1.165, 1.54) is 12.1 Å². The molecule has 0 radical (unpaired) electrons. The lowest BCUT2D eigenvalue weighted by Crippen LogP contribution is -2.20. The second-order valence-electron chi connectivity index (χ2n) is 9.96. The highest BCUT2D eigenvalue weighted by atomic mass is 19.1. The first-order valence-electron chi connectivity index (χ1n) is 13.0.